The quantitative estimate of drug-likeness (QED) is 0.791. The van der Waals surface area contributed by atoms with Crippen LogP contribution in [0.4, 0.5) is 0 Å². The Morgan fingerprint density at radius 2 is 2.10 bits per heavy atom. The van der Waals surface area contributed by atoms with Gasteiger partial charge in [0.2, 0.25) is 0 Å². The maximum Gasteiger partial charge on any atom is 0.199 e. The summed E-state index contributed by atoms with van der Waals surface area (Å²) in [5.41, 5.74) is 0.977. The second-order valence-electron chi connectivity index (χ2n) is 5.11. The number of nitriles is 1. The van der Waals surface area contributed by atoms with Crippen LogP contribution in [0.2, 0.25) is 0 Å². The molecule has 2 heterocycles. The number of nitrogens with zero attached hydrogens (tertiary/aromatic N) is 6. The monoisotopic (exact) mass is 302 g/mol. The number of hydrogen-bond acceptors (Lipinski definition) is 5. The summed E-state index contributed by atoms with van der Waals surface area (Å²) < 4.78 is 4.31. The van der Waals surface area contributed by atoms with Crippen LogP contribution in [0, 0.1) is 22.0 Å². The molecule has 0 saturated heterocycles. The Labute approximate surface area is 129 Å². The zero-order chi connectivity index (χ0) is 15.4. The minimum Gasteiger partial charge on any atom is -0.303 e. The van der Waals surface area contributed by atoms with E-state index >= 15 is 0 Å². The number of hydrogen-bond donors (Lipinski definition) is 0. The van der Waals surface area contributed by atoms with Gasteiger partial charge in [0, 0.05) is 31.5 Å². The summed E-state index contributed by atoms with van der Waals surface area (Å²) >= 11 is 5.43. The molecule has 0 fully saturated rings. The van der Waals surface area contributed by atoms with Crippen LogP contribution >= 0.6 is 12.2 Å². The fraction of sp³-hybridized carbons (Fsp3) is 0.429. The van der Waals surface area contributed by atoms with Gasteiger partial charge in [0.05, 0.1) is 18.7 Å². The zero-order valence-corrected chi connectivity index (χ0v) is 13.2. The Balaban J connectivity index is 2.23. The highest BCUT2D eigenvalue weighted by atomic mass is 32.1. The summed E-state index contributed by atoms with van der Waals surface area (Å²) in [6, 6.07) is 6.04. The molecule has 1 atom stereocenters. The van der Waals surface area contributed by atoms with Crippen molar-refractivity contribution >= 4 is 12.2 Å². The molecule has 2 aromatic rings. The molecule has 0 amide bonds. The summed E-state index contributed by atoms with van der Waals surface area (Å²) in [5.74, 6) is 0.789. The molecule has 0 aliphatic heterocycles. The Bertz CT molecular complexity index is 696. The lowest BCUT2D eigenvalue weighted by atomic mass is 10.2. The SMILES string of the molecule is C[C@@H](C#N)CN(C)Cn1nc(-c2ccncc2)n(C)c1=S. The molecule has 2 rings (SSSR count). The van der Waals surface area contributed by atoms with E-state index in [1.165, 1.54) is 0 Å². The van der Waals surface area contributed by atoms with Crippen molar-refractivity contribution in [2.45, 2.75) is 13.6 Å². The van der Waals surface area contributed by atoms with Gasteiger partial charge in [-0.25, -0.2) is 4.68 Å². The third kappa shape index (κ3) is 3.54. The molecule has 0 saturated carbocycles. The molecule has 6 nitrogen and oxygen atoms in total. The van der Waals surface area contributed by atoms with Crippen LogP contribution in [0.25, 0.3) is 11.4 Å². The predicted octanol–water partition coefficient (Wildman–Crippen LogP) is 2.06. The molecule has 0 aliphatic carbocycles. The van der Waals surface area contributed by atoms with Crippen molar-refractivity contribution in [2.24, 2.45) is 13.0 Å². The van der Waals surface area contributed by atoms with Crippen molar-refractivity contribution in [3.8, 4) is 17.5 Å². The van der Waals surface area contributed by atoms with Crippen LogP contribution in [0.1, 0.15) is 6.92 Å². The largest absolute Gasteiger partial charge is 0.303 e. The number of pyridine rings is 1. The van der Waals surface area contributed by atoms with Gasteiger partial charge in [0.15, 0.2) is 10.6 Å². The summed E-state index contributed by atoms with van der Waals surface area (Å²) in [6.45, 7) is 3.14. The molecule has 0 bridgehead atoms. The molecule has 0 spiro atoms. The molecular formula is C14H18N6S. The number of aromatic nitrogens is 4. The van der Waals surface area contributed by atoms with Gasteiger partial charge >= 0.3 is 0 Å². The standard InChI is InChI=1S/C14H18N6S/c1-11(8-15)9-18(2)10-20-14(21)19(3)13(17-20)12-4-6-16-7-5-12/h4-7,11H,9-10H2,1-3H3/t11-/m0/s1. The highest BCUT2D eigenvalue weighted by Gasteiger charge is 2.12. The molecule has 0 unspecified atom stereocenters. The fourth-order valence-electron chi connectivity index (χ4n) is 2.13. The lowest BCUT2D eigenvalue weighted by molar-refractivity contribution is 0.236. The molecule has 110 valence electrons. The average molecular weight is 302 g/mol. The highest BCUT2D eigenvalue weighted by molar-refractivity contribution is 7.71. The molecule has 0 aliphatic rings. The third-order valence-corrected chi connectivity index (χ3v) is 3.65. The first-order valence-corrected chi connectivity index (χ1v) is 7.06. The van der Waals surface area contributed by atoms with Crippen molar-refractivity contribution in [1.82, 2.24) is 24.2 Å². The van der Waals surface area contributed by atoms with E-state index in [4.69, 9.17) is 17.5 Å². The van der Waals surface area contributed by atoms with Crippen molar-refractivity contribution in [2.75, 3.05) is 13.6 Å². The maximum absolute atomic E-state index is 8.87. The van der Waals surface area contributed by atoms with Gasteiger partial charge in [0.1, 0.15) is 0 Å². The van der Waals surface area contributed by atoms with E-state index in [0.717, 1.165) is 11.4 Å². The predicted molar refractivity (Wildman–Crippen MR) is 82.7 cm³/mol. The van der Waals surface area contributed by atoms with Gasteiger partial charge < -0.3 is 4.57 Å². The van der Waals surface area contributed by atoms with Crippen LogP contribution in [0.3, 0.4) is 0 Å². The van der Waals surface area contributed by atoms with Gasteiger partial charge in [-0.2, -0.15) is 10.4 Å². The molecule has 0 radical (unpaired) electrons. The maximum atomic E-state index is 8.87. The van der Waals surface area contributed by atoms with E-state index in [1.54, 1.807) is 17.1 Å². The first-order valence-electron chi connectivity index (χ1n) is 6.65. The Hall–Kier alpha value is -2.04. The Morgan fingerprint density at radius 1 is 1.43 bits per heavy atom. The van der Waals surface area contributed by atoms with Crippen LogP contribution in [-0.4, -0.2) is 37.8 Å². The Kier molecular flexibility index (Phi) is 4.83. The highest BCUT2D eigenvalue weighted by Crippen LogP contribution is 2.16. The summed E-state index contributed by atoms with van der Waals surface area (Å²) in [5, 5.41) is 13.4. The average Bonchev–Trinajstić information content (AvgIpc) is 2.76. The van der Waals surface area contributed by atoms with Crippen molar-refractivity contribution in [1.29, 1.82) is 5.26 Å². The van der Waals surface area contributed by atoms with Gasteiger partial charge in [-0.05, 0) is 38.3 Å². The second kappa shape index (κ2) is 6.61. The van der Waals surface area contributed by atoms with Gasteiger partial charge in [-0.1, -0.05) is 0 Å². The van der Waals surface area contributed by atoms with Crippen LogP contribution in [0.5, 0.6) is 0 Å². The van der Waals surface area contributed by atoms with Crippen LogP contribution in [0.15, 0.2) is 24.5 Å². The molecule has 2 aromatic heterocycles. The van der Waals surface area contributed by atoms with E-state index in [9.17, 15) is 0 Å². The summed E-state index contributed by atoms with van der Waals surface area (Å²) in [7, 11) is 3.86. The van der Waals surface area contributed by atoms with E-state index in [2.05, 4.69) is 16.2 Å². The van der Waals surface area contributed by atoms with E-state index < -0.39 is 0 Å². The minimum atomic E-state index is -0.0208. The first-order chi connectivity index (χ1) is 10.0. The fourth-order valence-corrected chi connectivity index (χ4v) is 2.31. The van der Waals surface area contributed by atoms with Crippen molar-refractivity contribution in [3.05, 3.63) is 29.3 Å². The second-order valence-corrected chi connectivity index (χ2v) is 5.48. The summed E-state index contributed by atoms with van der Waals surface area (Å²) in [6.07, 6.45) is 3.47. The minimum absolute atomic E-state index is 0.0208. The molecule has 0 aromatic carbocycles. The van der Waals surface area contributed by atoms with Crippen LogP contribution < -0.4 is 0 Å². The zero-order valence-electron chi connectivity index (χ0n) is 12.4. The lowest BCUT2D eigenvalue weighted by Crippen LogP contribution is -2.27. The topological polar surface area (TPSA) is 62.7 Å². The van der Waals surface area contributed by atoms with Gasteiger partial charge in [0.25, 0.3) is 0 Å². The van der Waals surface area contributed by atoms with E-state index in [1.807, 2.05) is 42.6 Å². The van der Waals surface area contributed by atoms with Gasteiger partial charge in [-0.3, -0.25) is 9.88 Å². The molecular weight excluding hydrogens is 284 g/mol. The van der Waals surface area contributed by atoms with E-state index in [0.29, 0.717) is 18.0 Å². The van der Waals surface area contributed by atoms with Crippen molar-refractivity contribution in [3.63, 3.8) is 0 Å². The third-order valence-electron chi connectivity index (χ3n) is 3.16. The Morgan fingerprint density at radius 3 is 2.71 bits per heavy atom. The molecule has 0 N–H and O–H groups in total. The molecule has 21 heavy (non-hydrogen) atoms. The van der Waals surface area contributed by atoms with Crippen molar-refractivity contribution < 1.29 is 0 Å². The van der Waals surface area contributed by atoms with Gasteiger partial charge in [-0.15, -0.1) is 0 Å². The summed E-state index contributed by atoms with van der Waals surface area (Å²) in [4.78, 5) is 6.05. The normalized spacial score (nSPS) is 12.3. The number of rotatable bonds is 5. The first kappa shape index (κ1) is 15.4. The lowest BCUT2D eigenvalue weighted by Gasteiger charge is -2.17. The smallest absolute Gasteiger partial charge is 0.199 e. The van der Waals surface area contributed by atoms with Crippen LogP contribution in [-0.2, 0) is 13.7 Å². The molecule has 7 heteroatoms. The van der Waals surface area contributed by atoms with E-state index in [-0.39, 0.29) is 5.92 Å².